The van der Waals surface area contributed by atoms with Crippen molar-refractivity contribution in [3.8, 4) is 5.75 Å². The van der Waals surface area contributed by atoms with Gasteiger partial charge in [0.25, 0.3) is 5.69 Å². The Bertz CT molecular complexity index is 1020. The fourth-order valence-corrected chi connectivity index (χ4v) is 3.22. The summed E-state index contributed by atoms with van der Waals surface area (Å²) in [5.41, 5.74) is 0.317. The summed E-state index contributed by atoms with van der Waals surface area (Å²) in [6, 6.07) is 7.58. The summed E-state index contributed by atoms with van der Waals surface area (Å²) < 4.78 is 5.40. The van der Waals surface area contributed by atoms with Crippen LogP contribution in [0.3, 0.4) is 0 Å². The third-order valence-corrected chi connectivity index (χ3v) is 4.92. The number of hydrogen-bond donors (Lipinski definition) is 0. The van der Waals surface area contributed by atoms with Gasteiger partial charge in [0.2, 0.25) is 5.91 Å². The lowest BCUT2D eigenvalue weighted by molar-refractivity contribution is -0.385. The largest absolute Gasteiger partial charge is 0.487 e. The molecule has 1 amide bonds. The molecule has 0 spiro atoms. The van der Waals surface area contributed by atoms with Gasteiger partial charge in [-0.1, -0.05) is 13.0 Å². The first-order chi connectivity index (χ1) is 15.4. The molecule has 0 bridgehead atoms. The number of carbonyl (C=O) groups is 1. The van der Waals surface area contributed by atoms with E-state index < -0.39 is 9.85 Å². The highest BCUT2D eigenvalue weighted by atomic mass is 16.6. The second-order valence-corrected chi connectivity index (χ2v) is 7.11. The van der Waals surface area contributed by atoms with Gasteiger partial charge < -0.3 is 14.5 Å². The van der Waals surface area contributed by atoms with Gasteiger partial charge in [-0.2, -0.15) is 0 Å². The Morgan fingerprint density at radius 2 is 1.88 bits per heavy atom. The molecule has 0 saturated carbocycles. The van der Waals surface area contributed by atoms with E-state index in [9.17, 15) is 25.0 Å². The van der Waals surface area contributed by atoms with Crippen LogP contribution in [0, 0.1) is 20.2 Å². The van der Waals surface area contributed by atoms with Gasteiger partial charge in [0.15, 0.2) is 5.75 Å². The lowest BCUT2D eigenvalue weighted by Gasteiger charge is -2.34. The molecule has 11 nitrogen and oxygen atoms in total. The average molecular weight is 441 g/mol. The van der Waals surface area contributed by atoms with E-state index in [1.54, 1.807) is 23.1 Å². The first-order valence-electron chi connectivity index (χ1n) is 10.1. The highest BCUT2D eigenvalue weighted by Gasteiger charge is 2.21. The molecular formula is C21H23N5O6. The molecule has 0 N–H and O–H groups in total. The van der Waals surface area contributed by atoms with E-state index in [4.69, 9.17) is 4.74 Å². The molecule has 0 aliphatic carbocycles. The minimum absolute atomic E-state index is 0.0714. The van der Waals surface area contributed by atoms with Crippen molar-refractivity contribution in [2.24, 2.45) is 0 Å². The average Bonchev–Trinajstić information content (AvgIpc) is 2.81. The molecule has 3 rings (SSSR count). The molecule has 11 heteroatoms. The molecule has 1 aromatic carbocycles. The summed E-state index contributed by atoms with van der Waals surface area (Å²) in [6.45, 7) is 4.31. The zero-order chi connectivity index (χ0) is 23.1. The van der Waals surface area contributed by atoms with Crippen LogP contribution in [0.4, 0.5) is 17.2 Å². The topological polar surface area (TPSA) is 132 Å². The molecule has 32 heavy (non-hydrogen) atoms. The van der Waals surface area contributed by atoms with E-state index in [0.29, 0.717) is 44.2 Å². The highest BCUT2D eigenvalue weighted by Crippen LogP contribution is 2.28. The number of benzene rings is 1. The molecule has 1 aliphatic rings. The van der Waals surface area contributed by atoms with Gasteiger partial charge >= 0.3 is 5.69 Å². The molecule has 0 atom stereocenters. The Hall–Kier alpha value is -4.02. The van der Waals surface area contributed by atoms with Gasteiger partial charge in [-0.05, 0) is 30.2 Å². The summed E-state index contributed by atoms with van der Waals surface area (Å²) in [4.78, 5) is 41.3. The van der Waals surface area contributed by atoms with Crippen LogP contribution in [0.5, 0.6) is 5.75 Å². The standard InChI is InChI=1S/C21H23N5O6/c1-2-13-32-19-6-3-16(14-18(19)26(30)31)4-8-21(27)24-11-9-23(10-12-24)20-7-5-17(15-22-20)25(28)29/h3-8,14-15H,2,9-13H2,1H3/b8-4+. The van der Waals surface area contributed by atoms with Gasteiger partial charge in [0, 0.05) is 44.4 Å². The molecule has 1 aliphatic heterocycles. The van der Waals surface area contributed by atoms with Gasteiger partial charge in [-0.15, -0.1) is 0 Å². The van der Waals surface area contributed by atoms with Crippen molar-refractivity contribution in [3.63, 3.8) is 0 Å². The molecule has 1 fully saturated rings. The second kappa shape index (κ2) is 10.3. The van der Waals surface area contributed by atoms with Gasteiger partial charge in [-0.25, -0.2) is 4.98 Å². The molecule has 0 radical (unpaired) electrons. The summed E-state index contributed by atoms with van der Waals surface area (Å²) in [6.07, 6.45) is 4.89. The SMILES string of the molecule is CCCOc1ccc(/C=C/C(=O)N2CCN(c3ccc([N+](=O)[O-])cn3)CC2)cc1[N+](=O)[O-]. The number of hydrogen-bond acceptors (Lipinski definition) is 8. The number of rotatable bonds is 8. The quantitative estimate of drug-likeness (QED) is 0.347. The normalized spacial score (nSPS) is 13.9. The Morgan fingerprint density at radius 3 is 2.47 bits per heavy atom. The number of aromatic nitrogens is 1. The summed E-state index contributed by atoms with van der Waals surface area (Å²) in [7, 11) is 0. The number of carbonyl (C=O) groups excluding carboxylic acids is 1. The minimum Gasteiger partial charge on any atom is -0.487 e. The molecule has 168 valence electrons. The zero-order valence-corrected chi connectivity index (χ0v) is 17.5. The maximum atomic E-state index is 12.5. The van der Waals surface area contributed by atoms with Crippen LogP contribution in [0.25, 0.3) is 6.08 Å². The fourth-order valence-electron chi connectivity index (χ4n) is 3.22. The molecule has 0 unspecified atom stereocenters. The molecular weight excluding hydrogens is 418 g/mol. The van der Waals surface area contributed by atoms with Crippen molar-refractivity contribution in [2.45, 2.75) is 13.3 Å². The molecule has 1 saturated heterocycles. The predicted octanol–water partition coefficient (Wildman–Crippen LogP) is 3.05. The van der Waals surface area contributed by atoms with Crippen LogP contribution in [-0.2, 0) is 4.79 Å². The lowest BCUT2D eigenvalue weighted by atomic mass is 10.1. The Labute approximate surface area is 184 Å². The van der Waals surface area contributed by atoms with Crippen LogP contribution in [0.15, 0.2) is 42.6 Å². The third-order valence-electron chi connectivity index (χ3n) is 4.92. The first kappa shape index (κ1) is 22.7. The summed E-state index contributed by atoms with van der Waals surface area (Å²) in [5.74, 6) is 0.627. The van der Waals surface area contributed by atoms with Crippen molar-refractivity contribution in [3.05, 3.63) is 68.4 Å². The number of ether oxygens (including phenoxy) is 1. The monoisotopic (exact) mass is 441 g/mol. The maximum Gasteiger partial charge on any atom is 0.311 e. The van der Waals surface area contributed by atoms with E-state index >= 15 is 0 Å². The number of pyridine rings is 1. The fraction of sp³-hybridized carbons (Fsp3) is 0.333. The van der Waals surface area contributed by atoms with E-state index in [-0.39, 0.29) is 23.0 Å². The Balaban J connectivity index is 1.59. The highest BCUT2D eigenvalue weighted by molar-refractivity contribution is 5.92. The number of nitro benzene ring substituents is 1. The summed E-state index contributed by atoms with van der Waals surface area (Å²) >= 11 is 0. The van der Waals surface area contributed by atoms with E-state index in [1.165, 1.54) is 30.5 Å². The molecule has 2 heterocycles. The number of anilines is 1. The molecule has 1 aromatic heterocycles. The number of nitrogens with zero attached hydrogens (tertiary/aromatic N) is 5. The predicted molar refractivity (Wildman–Crippen MR) is 118 cm³/mol. The maximum absolute atomic E-state index is 12.5. The first-order valence-corrected chi connectivity index (χ1v) is 10.1. The van der Waals surface area contributed by atoms with Crippen molar-refractivity contribution >= 4 is 29.2 Å². The van der Waals surface area contributed by atoms with E-state index in [0.717, 1.165) is 6.42 Å². The van der Waals surface area contributed by atoms with E-state index in [1.807, 2.05) is 11.8 Å². The smallest absolute Gasteiger partial charge is 0.311 e. The lowest BCUT2D eigenvalue weighted by Crippen LogP contribution is -2.48. The second-order valence-electron chi connectivity index (χ2n) is 7.11. The third kappa shape index (κ3) is 5.56. The molecule has 2 aromatic rings. The van der Waals surface area contributed by atoms with Crippen LogP contribution < -0.4 is 9.64 Å². The van der Waals surface area contributed by atoms with Crippen molar-refractivity contribution < 1.29 is 19.4 Å². The van der Waals surface area contributed by atoms with E-state index in [2.05, 4.69) is 4.98 Å². The number of piperazine rings is 1. The zero-order valence-electron chi connectivity index (χ0n) is 17.5. The van der Waals surface area contributed by atoms with Crippen molar-refractivity contribution in [1.82, 2.24) is 9.88 Å². The van der Waals surface area contributed by atoms with Crippen LogP contribution in [0.1, 0.15) is 18.9 Å². The van der Waals surface area contributed by atoms with Crippen molar-refractivity contribution in [1.29, 1.82) is 0 Å². The van der Waals surface area contributed by atoms with Gasteiger partial charge in [0.05, 0.1) is 16.5 Å². The summed E-state index contributed by atoms with van der Waals surface area (Å²) in [5, 5.41) is 22.0. The van der Waals surface area contributed by atoms with Crippen LogP contribution >= 0.6 is 0 Å². The minimum atomic E-state index is -0.504. The Kier molecular flexibility index (Phi) is 7.32. The van der Waals surface area contributed by atoms with Crippen molar-refractivity contribution in [2.75, 3.05) is 37.7 Å². The number of amides is 1. The van der Waals surface area contributed by atoms with Crippen LogP contribution in [-0.4, -0.2) is 58.4 Å². The van der Waals surface area contributed by atoms with Crippen LogP contribution in [0.2, 0.25) is 0 Å². The van der Waals surface area contributed by atoms with Gasteiger partial charge in [0.1, 0.15) is 12.0 Å². The number of nitro groups is 2. The van der Waals surface area contributed by atoms with Gasteiger partial charge in [-0.3, -0.25) is 25.0 Å². The Morgan fingerprint density at radius 1 is 1.12 bits per heavy atom.